The molecule has 0 radical (unpaired) electrons. The first kappa shape index (κ1) is 60.7. The van der Waals surface area contributed by atoms with E-state index in [1.54, 1.807) is 0 Å². The van der Waals surface area contributed by atoms with Crippen LogP contribution in [0, 0.1) is 0 Å². The number of carbonyl (C=O) groups is 2. The number of aliphatic hydroxyl groups is 5. The summed E-state index contributed by atoms with van der Waals surface area (Å²) in [5, 5.41) is 50.2. The second kappa shape index (κ2) is 40.8. The fraction of sp³-hybridized carbons (Fsp3) is 0.509. The van der Waals surface area contributed by atoms with Gasteiger partial charge in [0.2, 0.25) is 0 Å². The Morgan fingerprint density at radius 1 is 0.448 bits per heavy atom. The van der Waals surface area contributed by atoms with Crippen LogP contribution < -0.4 is 0 Å². The minimum atomic E-state index is -5.17. The molecule has 13 nitrogen and oxygen atoms in total. The molecule has 0 bridgehead atoms. The summed E-state index contributed by atoms with van der Waals surface area (Å²) in [5.41, 5.74) is 0. The van der Waals surface area contributed by atoms with Gasteiger partial charge in [0, 0.05) is 12.8 Å². The van der Waals surface area contributed by atoms with Gasteiger partial charge >= 0.3 is 19.8 Å². The van der Waals surface area contributed by atoms with Crippen molar-refractivity contribution in [3.8, 4) is 0 Å². The van der Waals surface area contributed by atoms with Crippen LogP contribution in [0.4, 0.5) is 0 Å². The number of carbonyl (C=O) groups excluding carboxylic acids is 2. The molecule has 0 aromatic rings. The SMILES string of the molecule is CC/C=C\C/C=C\C/C=C\C/C=C\C/C=C\C/C=C\CCC(=O)OC[C@H](COP(=O)(O)OC1C(O)C(O)C(O)[C@@H](O)C1O)OC(=O)CC/C=C\C/C=C\C/C=C\C/C=C\C/C=C\C/C=C\CC. The first-order valence-corrected chi connectivity index (χ1v) is 25.1. The van der Waals surface area contributed by atoms with Gasteiger partial charge in [-0.2, -0.15) is 0 Å². The molecule has 374 valence electrons. The van der Waals surface area contributed by atoms with Crippen molar-refractivity contribution in [1.82, 2.24) is 0 Å². The van der Waals surface area contributed by atoms with Gasteiger partial charge in [-0.3, -0.25) is 18.6 Å². The Balaban J connectivity index is 2.57. The van der Waals surface area contributed by atoms with E-state index in [-0.39, 0.29) is 12.8 Å². The standard InChI is InChI=1S/C53H79O13P/c1-3-5-7-9-11-13-15-17-19-21-23-25-27-29-31-33-35-37-39-41-46(54)63-43-45(44-64-67(61,62)66-53-51(59)49(57)48(56)50(58)52(53)60)65-47(55)42-40-38-36-34-32-30-28-26-24-22-20-18-16-14-12-10-8-6-4-2/h5-8,11-14,17-20,23-26,29-32,35-38,45,48-53,56-60H,3-4,9-10,15-16,21-22,27-28,33-34,39-44H2,1-2H3,(H,61,62)/b7-5-,8-6-,13-11-,14-12-,19-17-,20-18-,25-23-,26-24-,31-29-,32-30-,37-35-,38-36-/t45-,48?,49-,50?,51?,52?,53?/m1/s1. The first-order valence-electron chi connectivity index (χ1n) is 23.6. The number of hydrogen-bond donors (Lipinski definition) is 6. The van der Waals surface area contributed by atoms with Crippen molar-refractivity contribution in [2.75, 3.05) is 13.2 Å². The molecule has 6 N–H and O–H groups in total. The van der Waals surface area contributed by atoms with Crippen molar-refractivity contribution in [2.45, 2.75) is 159 Å². The van der Waals surface area contributed by atoms with Crippen LogP contribution in [0.1, 0.15) is 117 Å². The van der Waals surface area contributed by atoms with Crippen LogP contribution in [0.2, 0.25) is 0 Å². The Morgan fingerprint density at radius 2 is 0.746 bits per heavy atom. The lowest BCUT2D eigenvalue weighted by Gasteiger charge is -2.41. The van der Waals surface area contributed by atoms with Gasteiger partial charge in [0.05, 0.1) is 6.61 Å². The van der Waals surface area contributed by atoms with Gasteiger partial charge in [-0.25, -0.2) is 4.57 Å². The lowest BCUT2D eigenvalue weighted by atomic mass is 9.85. The van der Waals surface area contributed by atoms with Crippen LogP contribution in [0.25, 0.3) is 0 Å². The van der Waals surface area contributed by atoms with E-state index in [4.69, 9.17) is 18.5 Å². The highest BCUT2D eigenvalue weighted by Crippen LogP contribution is 2.47. The zero-order valence-electron chi connectivity index (χ0n) is 39.6. The molecule has 8 atom stereocenters. The third-order valence-electron chi connectivity index (χ3n) is 9.70. The third kappa shape index (κ3) is 33.0. The number of esters is 2. The van der Waals surface area contributed by atoms with Crippen molar-refractivity contribution in [1.29, 1.82) is 0 Å². The molecule has 1 aliphatic carbocycles. The number of ether oxygens (including phenoxy) is 2. The zero-order chi connectivity index (χ0) is 49.2. The van der Waals surface area contributed by atoms with Crippen LogP contribution in [-0.2, 0) is 32.7 Å². The van der Waals surface area contributed by atoms with Gasteiger partial charge < -0.3 is 39.9 Å². The summed E-state index contributed by atoms with van der Waals surface area (Å²) in [6, 6.07) is 0. The first-order chi connectivity index (χ1) is 32.4. The van der Waals surface area contributed by atoms with E-state index < -0.39 is 75.7 Å². The summed E-state index contributed by atoms with van der Waals surface area (Å²) < 4.78 is 33.4. The molecule has 1 fully saturated rings. The predicted octanol–water partition coefficient (Wildman–Crippen LogP) is 9.72. The predicted molar refractivity (Wildman–Crippen MR) is 266 cm³/mol. The summed E-state index contributed by atoms with van der Waals surface area (Å²) >= 11 is 0. The summed E-state index contributed by atoms with van der Waals surface area (Å²) in [7, 11) is -5.17. The highest BCUT2D eigenvalue weighted by Gasteiger charge is 2.51. The Labute approximate surface area is 400 Å². The Morgan fingerprint density at radius 3 is 1.09 bits per heavy atom. The average Bonchev–Trinajstić information content (AvgIpc) is 3.31. The van der Waals surface area contributed by atoms with Gasteiger partial charge in [-0.1, -0.05) is 160 Å². The molecule has 0 saturated heterocycles. The van der Waals surface area contributed by atoms with Crippen LogP contribution >= 0.6 is 7.82 Å². The van der Waals surface area contributed by atoms with Crippen LogP contribution in [0.3, 0.4) is 0 Å². The monoisotopic (exact) mass is 955 g/mol. The third-order valence-corrected chi connectivity index (χ3v) is 10.7. The normalized spacial score (nSPS) is 22.4. The number of aliphatic hydroxyl groups excluding tert-OH is 5. The van der Waals surface area contributed by atoms with E-state index in [1.807, 2.05) is 42.5 Å². The van der Waals surface area contributed by atoms with Crippen molar-refractivity contribution < 1.29 is 63.1 Å². The molecule has 0 aromatic heterocycles. The van der Waals surface area contributed by atoms with Crippen LogP contribution in [0.15, 0.2) is 146 Å². The van der Waals surface area contributed by atoms with Crippen LogP contribution in [0.5, 0.6) is 0 Å². The molecule has 1 aliphatic rings. The molecule has 0 heterocycles. The fourth-order valence-electron chi connectivity index (χ4n) is 5.98. The van der Waals surface area contributed by atoms with Crippen molar-refractivity contribution in [3.05, 3.63) is 146 Å². The second-order valence-electron chi connectivity index (χ2n) is 15.5. The second-order valence-corrected chi connectivity index (χ2v) is 16.9. The minimum absolute atomic E-state index is 0.0158. The average molecular weight is 955 g/mol. The maximum absolute atomic E-state index is 12.8. The molecule has 14 heteroatoms. The summed E-state index contributed by atoms with van der Waals surface area (Å²) in [6.45, 7) is 2.92. The summed E-state index contributed by atoms with van der Waals surface area (Å²) in [4.78, 5) is 35.7. The zero-order valence-corrected chi connectivity index (χ0v) is 40.5. The molecule has 1 saturated carbocycles. The molecular weight excluding hydrogens is 876 g/mol. The van der Waals surface area contributed by atoms with Crippen molar-refractivity contribution >= 4 is 19.8 Å². The van der Waals surface area contributed by atoms with Gasteiger partial charge in [0.1, 0.15) is 43.2 Å². The molecule has 67 heavy (non-hydrogen) atoms. The highest BCUT2D eigenvalue weighted by atomic mass is 31.2. The van der Waals surface area contributed by atoms with Gasteiger partial charge in [-0.15, -0.1) is 0 Å². The number of rotatable bonds is 36. The topological polar surface area (TPSA) is 210 Å². The molecule has 0 aliphatic heterocycles. The quantitative estimate of drug-likeness (QED) is 0.0197. The number of allylic oxidation sites excluding steroid dienone is 24. The van der Waals surface area contributed by atoms with E-state index in [1.165, 1.54) is 0 Å². The van der Waals surface area contributed by atoms with Crippen LogP contribution in [-0.4, -0.2) is 98.3 Å². The largest absolute Gasteiger partial charge is 0.472 e. The van der Waals surface area contributed by atoms with Gasteiger partial charge in [-0.05, 0) is 89.9 Å². The maximum Gasteiger partial charge on any atom is 0.472 e. The Hall–Kier alpha value is -4.27. The van der Waals surface area contributed by atoms with Gasteiger partial charge in [0.15, 0.2) is 6.10 Å². The van der Waals surface area contributed by atoms with E-state index in [9.17, 15) is 44.6 Å². The van der Waals surface area contributed by atoms with Gasteiger partial charge in [0.25, 0.3) is 0 Å². The smallest absolute Gasteiger partial charge is 0.462 e. The number of hydrogen-bond acceptors (Lipinski definition) is 12. The maximum atomic E-state index is 12.8. The van der Waals surface area contributed by atoms with Crippen molar-refractivity contribution in [2.24, 2.45) is 0 Å². The van der Waals surface area contributed by atoms with E-state index >= 15 is 0 Å². The van der Waals surface area contributed by atoms with E-state index in [0.717, 1.165) is 64.2 Å². The van der Waals surface area contributed by atoms with E-state index in [0.29, 0.717) is 25.7 Å². The highest BCUT2D eigenvalue weighted by molar-refractivity contribution is 7.47. The van der Waals surface area contributed by atoms with E-state index in [2.05, 4.69) is 117 Å². The number of phosphoric ester groups is 1. The number of phosphoric acid groups is 1. The minimum Gasteiger partial charge on any atom is -0.462 e. The van der Waals surface area contributed by atoms with Crippen molar-refractivity contribution in [3.63, 3.8) is 0 Å². The lowest BCUT2D eigenvalue weighted by molar-refractivity contribution is -0.220. The lowest BCUT2D eigenvalue weighted by Crippen LogP contribution is -2.64. The molecule has 6 unspecified atom stereocenters. The fourth-order valence-corrected chi connectivity index (χ4v) is 6.96. The molecular formula is C53H79O13P. The summed E-state index contributed by atoms with van der Waals surface area (Å²) in [5.74, 6) is -1.31. The summed E-state index contributed by atoms with van der Waals surface area (Å²) in [6.07, 6.45) is 47.8. The Bertz CT molecular complexity index is 1720. The molecule has 0 spiro atoms. The molecule has 1 rings (SSSR count). The Kier molecular flexibility index (Phi) is 37.0. The molecule has 0 amide bonds. The molecule has 0 aromatic carbocycles.